The zero-order chi connectivity index (χ0) is 19.7. The summed E-state index contributed by atoms with van der Waals surface area (Å²) in [5.74, 6) is 0.601. The Bertz CT molecular complexity index is 1130. The number of benzene rings is 1. The zero-order valence-electron chi connectivity index (χ0n) is 15.8. The molecular formula is C21H22FN5O. The van der Waals surface area contributed by atoms with Crippen molar-refractivity contribution in [1.29, 1.82) is 0 Å². The SMILES string of the molecule is CC(C)CC(NC(=O)Cn1ccc2ccc(F)cc21)c1nnc2ccccn12. The maximum Gasteiger partial charge on any atom is 0.240 e. The summed E-state index contributed by atoms with van der Waals surface area (Å²) in [6.07, 6.45) is 4.43. The predicted molar refractivity (Wildman–Crippen MR) is 105 cm³/mol. The lowest BCUT2D eigenvalue weighted by Crippen LogP contribution is -2.33. The van der Waals surface area contributed by atoms with Crippen LogP contribution in [0.15, 0.2) is 54.9 Å². The van der Waals surface area contributed by atoms with Gasteiger partial charge >= 0.3 is 0 Å². The Balaban J connectivity index is 1.58. The first-order chi connectivity index (χ1) is 13.5. The fourth-order valence-electron chi connectivity index (χ4n) is 3.49. The Morgan fingerprint density at radius 2 is 2.00 bits per heavy atom. The molecule has 0 radical (unpaired) electrons. The number of fused-ring (bicyclic) bond motifs is 2. The van der Waals surface area contributed by atoms with Crippen LogP contribution < -0.4 is 5.32 Å². The summed E-state index contributed by atoms with van der Waals surface area (Å²) in [5.41, 5.74) is 1.44. The van der Waals surface area contributed by atoms with Gasteiger partial charge in [-0.2, -0.15) is 0 Å². The van der Waals surface area contributed by atoms with E-state index in [1.165, 1.54) is 12.1 Å². The number of carbonyl (C=O) groups is 1. The van der Waals surface area contributed by atoms with Crippen molar-refractivity contribution in [3.63, 3.8) is 0 Å². The van der Waals surface area contributed by atoms with Crippen LogP contribution in [0.3, 0.4) is 0 Å². The molecule has 0 aliphatic carbocycles. The van der Waals surface area contributed by atoms with Gasteiger partial charge in [0.15, 0.2) is 11.5 Å². The van der Waals surface area contributed by atoms with Crippen LogP contribution in [0.4, 0.5) is 4.39 Å². The molecule has 1 aromatic carbocycles. The van der Waals surface area contributed by atoms with Crippen molar-refractivity contribution in [3.05, 3.63) is 66.5 Å². The molecule has 6 nitrogen and oxygen atoms in total. The molecule has 4 rings (SSSR count). The molecular weight excluding hydrogens is 357 g/mol. The Hall–Kier alpha value is -3.22. The van der Waals surface area contributed by atoms with E-state index >= 15 is 0 Å². The molecule has 1 amide bonds. The van der Waals surface area contributed by atoms with Crippen LogP contribution in [-0.4, -0.2) is 25.1 Å². The molecule has 0 aliphatic heterocycles. The first-order valence-electron chi connectivity index (χ1n) is 9.34. The van der Waals surface area contributed by atoms with E-state index in [1.54, 1.807) is 16.8 Å². The third kappa shape index (κ3) is 3.60. The number of nitrogens with zero attached hydrogens (tertiary/aromatic N) is 4. The first kappa shape index (κ1) is 18.2. The monoisotopic (exact) mass is 379 g/mol. The van der Waals surface area contributed by atoms with E-state index in [-0.39, 0.29) is 24.3 Å². The second-order valence-corrected chi connectivity index (χ2v) is 7.38. The predicted octanol–water partition coefficient (Wildman–Crippen LogP) is 3.73. The van der Waals surface area contributed by atoms with Crippen molar-refractivity contribution in [1.82, 2.24) is 24.5 Å². The Morgan fingerprint density at radius 1 is 1.14 bits per heavy atom. The molecule has 28 heavy (non-hydrogen) atoms. The normalized spacial score (nSPS) is 12.7. The smallest absolute Gasteiger partial charge is 0.240 e. The summed E-state index contributed by atoms with van der Waals surface area (Å²) in [7, 11) is 0. The number of rotatable bonds is 6. The van der Waals surface area contributed by atoms with Gasteiger partial charge in [0.2, 0.25) is 5.91 Å². The van der Waals surface area contributed by atoms with Gasteiger partial charge in [-0.1, -0.05) is 19.9 Å². The quantitative estimate of drug-likeness (QED) is 0.555. The highest BCUT2D eigenvalue weighted by molar-refractivity contribution is 5.83. The van der Waals surface area contributed by atoms with Crippen LogP contribution in [0.2, 0.25) is 0 Å². The van der Waals surface area contributed by atoms with E-state index in [9.17, 15) is 9.18 Å². The Labute approximate surface area is 162 Å². The summed E-state index contributed by atoms with van der Waals surface area (Å²) >= 11 is 0. The second-order valence-electron chi connectivity index (χ2n) is 7.38. The number of aromatic nitrogens is 4. The molecule has 3 aromatic heterocycles. The van der Waals surface area contributed by atoms with Crippen molar-refractivity contribution >= 4 is 22.5 Å². The van der Waals surface area contributed by atoms with Crippen LogP contribution in [0, 0.1) is 11.7 Å². The van der Waals surface area contributed by atoms with Crippen LogP contribution in [0.25, 0.3) is 16.6 Å². The average Bonchev–Trinajstić information content (AvgIpc) is 3.25. The number of halogens is 1. The summed E-state index contributed by atoms with van der Waals surface area (Å²) < 4.78 is 17.2. The number of pyridine rings is 1. The summed E-state index contributed by atoms with van der Waals surface area (Å²) in [5, 5.41) is 12.5. The molecule has 0 aliphatic rings. The Morgan fingerprint density at radius 3 is 2.82 bits per heavy atom. The van der Waals surface area contributed by atoms with Gasteiger partial charge in [0.25, 0.3) is 0 Å². The fourth-order valence-corrected chi connectivity index (χ4v) is 3.49. The van der Waals surface area contributed by atoms with E-state index < -0.39 is 0 Å². The van der Waals surface area contributed by atoms with Gasteiger partial charge in [-0.15, -0.1) is 10.2 Å². The summed E-state index contributed by atoms with van der Waals surface area (Å²) in [6, 6.07) is 11.9. The number of hydrogen-bond acceptors (Lipinski definition) is 3. The molecule has 0 fully saturated rings. The first-order valence-corrected chi connectivity index (χ1v) is 9.34. The maximum atomic E-state index is 13.6. The fraction of sp³-hybridized carbons (Fsp3) is 0.286. The van der Waals surface area contributed by atoms with Gasteiger partial charge < -0.3 is 9.88 Å². The minimum absolute atomic E-state index is 0.109. The molecule has 4 aromatic rings. The molecule has 0 spiro atoms. The lowest BCUT2D eigenvalue weighted by molar-refractivity contribution is -0.122. The molecule has 0 bridgehead atoms. The van der Waals surface area contributed by atoms with Gasteiger partial charge in [-0.05, 0) is 54.1 Å². The Kier molecular flexibility index (Phi) is 4.81. The van der Waals surface area contributed by atoms with Gasteiger partial charge in [-0.3, -0.25) is 9.20 Å². The third-order valence-electron chi connectivity index (χ3n) is 4.74. The molecule has 7 heteroatoms. The van der Waals surface area contributed by atoms with Crippen molar-refractivity contribution in [2.45, 2.75) is 32.9 Å². The standard InChI is InChI=1S/C21H22FN5O/c1-14(2)11-17(21-25-24-19-5-3-4-9-27(19)21)23-20(28)13-26-10-8-15-6-7-16(22)12-18(15)26/h3-10,12,14,17H,11,13H2,1-2H3,(H,23,28). The number of hydrogen-bond donors (Lipinski definition) is 1. The van der Waals surface area contributed by atoms with E-state index in [2.05, 4.69) is 29.4 Å². The van der Waals surface area contributed by atoms with E-state index in [1.807, 2.05) is 34.9 Å². The molecule has 1 N–H and O–H groups in total. The van der Waals surface area contributed by atoms with E-state index in [4.69, 9.17) is 0 Å². The van der Waals surface area contributed by atoms with Crippen LogP contribution in [-0.2, 0) is 11.3 Å². The van der Waals surface area contributed by atoms with Crippen molar-refractivity contribution in [3.8, 4) is 0 Å². The van der Waals surface area contributed by atoms with Crippen molar-refractivity contribution < 1.29 is 9.18 Å². The zero-order valence-corrected chi connectivity index (χ0v) is 15.8. The minimum atomic E-state index is -0.319. The maximum absolute atomic E-state index is 13.6. The summed E-state index contributed by atoms with van der Waals surface area (Å²) in [4.78, 5) is 12.8. The number of nitrogens with one attached hydrogen (secondary N) is 1. The van der Waals surface area contributed by atoms with Crippen LogP contribution in [0.5, 0.6) is 0 Å². The molecule has 144 valence electrons. The molecule has 0 saturated carbocycles. The lowest BCUT2D eigenvalue weighted by Gasteiger charge is -2.19. The number of amides is 1. The van der Waals surface area contributed by atoms with E-state index in [0.29, 0.717) is 17.3 Å². The van der Waals surface area contributed by atoms with Gasteiger partial charge in [0.05, 0.1) is 11.6 Å². The largest absolute Gasteiger partial charge is 0.344 e. The van der Waals surface area contributed by atoms with Gasteiger partial charge in [0, 0.05) is 12.4 Å². The highest BCUT2D eigenvalue weighted by Crippen LogP contribution is 2.21. The number of carbonyl (C=O) groups excluding carboxylic acids is 1. The highest BCUT2D eigenvalue weighted by Gasteiger charge is 2.22. The van der Waals surface area contributed by atoms with Crippen LogP contribution in [0.1, 0.15) is 32.1 Å². The van der Waals surface area contributed by atoms with Crippen LogP contribution >= 0.6 is 0 Å². The topological polar surface area (TPSA) is 64.2 Å². The second kappa shape index (κ2) is 7.42. The average molecular weight is 379 g/mol. The van der Waals surface area contributed by atoms with Gasteiger partial charge in [0.1, 0.15) is 12.4 Å². The van der Waals surface area contributed by atoms with Crippen molar-refractivity contribution in [2.24, 2.45) is 5.92 Å². The molecule has 0 saturated heterocycles. The highest BCUT2D eigenvalue weighted by atomic mass is 19.1. The molecule has 1 atom stereocenters. The van der Waals surface area contributed by atoms with E-state index in [0.717, 1.165) is 17.5 Å². The third-order valence-corrected chi connectivity index (χ3v) is 4.74. The minimum Gasteiger partial charge on any atom is -0.344 e. The lowest BCUT2D eigenvalue weighted by atomic mass is 10.0. The summed E-state index contributed by atoms with van der Waals surface area (Å²) in [6.45, 7) is 4.31. The van der Waals surface area contributed by atoms with Crippen molar-refractivity contribution in [2.75, 3.05) is 0 Å². The van der Waals surface area contributed by atoms with Gasteiger partial charge in [-0.25, -0.2) is 4.39 Å². The molecule has 1 unspecified atom stereocenters. The molecule has 3 heterocycles.